The van der Waals surface area contributed by atoms with Gasteiger partial charge in [0.2, 0.25) is 11.8 Å². The summed E-state index contributed by atoms with van der Waals surface area (Å²) in [5.41, 5.74) is -0.354. The van der Waals surface area contributed by atoms with Crippen molar-refractivity contribution >= 4 is 62.8 Å². The summed E-state index contributed by atoms with van der Waals surface area (Å²) < 4.78 is 5.77. The molecule has 1 aromatic heterocycles. The van der Waals surface area contributed by atoms with Crippen molar-refractivity contribution in [2.45, 2.75) is 103 Å². The average Bonchev–Trinajstić information content (AvgIpc) is 3.56. The number of nitrogens with zero attached hydrogens (tertiary/aromatic N) is 2. The average molecular weight is 623 g/mol. The summed E-state index contributed by atoms with van der Waals surface area (Å²) in [6, 6.07) is -0.896. The second-order valence-corrected chi connectivity index (χ2v) is 13.9. The largest absolute Gasteiger partial charge is 0.456 e. The number of esters is 1. The van der Waals surface area contributed by atoms with Gasteiger partial charge in [0.25, 0.3) is 0 Å². The summed E-state index contributed by atoms with van der Waals surface area (Å²) in [5, 5.41) is 9.17. The Morgan fingerprint density at radius 1 is 1.24 bits per heavy atom. The van der Waals surface area contributed by atoms with Gasteiger partial charge in [-0.1, -0.05) is 64.3 Å². The van der Waals surface area contributed by atoms with Gasteiger partial charge in [0.05, 0.1) is 13.0 Å². The first kappa shape index (κ1) is 33.3. The molecule has 0 saturated heterocycles. The van der Waals surface area contributed by atoms with Crippen LogP contribution in [0.4, 0.5) is 0 Å². The molecule has 3 heterocycles. The Morgan fingerprint density at radius 2 is 2.02 bits per heavy atom. The van der Waals surface area contributed by atoms with Gasteiger partial charge < -0.3 is 15.4 Å². The first-order valence-corrected chi connectivity index (χ1v) is 17.2. The van der Waals surface area contributed by atoms with Crippen LogP contribution in [0.2, 0.25) is 0 Å². The van der Waals surface area contributed by atoms with Crippen molar-refractivity contribution in [3.63, 3.8) is 0 Å². The van der Waals surface area contributed by atoms with E-state index in [1.807, 2.05) is 25.3 Å². The molecule has 226 valence electrons. The molecule has 4 bridgehead atoms. The highest BCUT2D eigenvalue weighted by molar-refractivity contribution is 8.14. The Balaban J connectivity index is 1.66. The fraction of sp³-hybridized carbons (Fsp3) is 0.655. The van der Waals surface area contributed by atoms with Crippen molar-refractivity contribution in [1.29, 1.82) is 0 Å². The van der Waals surface area contributed by atoms with Gasteiger partial charge in [-0.05, 0) is 31.8 Å². The first-order chi connectivity index (χ1) is 19.6. The number of aliphatic imine (C=N–C) groups is 1. The summed E-state index contributed by atoms with van der Waals surface area (Å²) in [7, 11) is 0. The van der Waals surface area contributed by atoms with Crippen molar-refractivity contribution in [2.24, 2.45) is 10.9 Å². The number of unbranched alkanes of at least 4 members (excludes halogenated alkanes) is 4. The highest BCUT2D eigenvalue weighted by Crippen LogP contribution is 2.32. The molecule has 3 atom stereocenters. The minimum atomic E-state index is -1.04. The molecule has 0 saturated carbocycles. The maximum Gasteiger partial charge on any atom is 0.329 e. The maximum atomic E-state index is 13.3. The normalized spacial score (nSPS) is 23.8. The molecule has 0 aliphatic carbocycles. The van der Waals surface area contributed by atoms with Crippen LogP contribution in [0, 0.1) is 5.92 Å². The Bertz CT molecular complexity index is 1140. The van der Waals surface area contributed by atoms with E-state index in [9.17, 15) is 19.2 Å². The summed E-state index contributed by atoms with van der Waals surface area (Å²) >= 11 is 4.18. The fourth-order valence-corrected chi connectivity index (χ4v) is 6.96. The van der Waals surface area contributed by atoms with Crippen LogP contribution in [0.25, 0.3) is 0 Å². The molecule has 2 unspecified atom stereocenters. The van der Waals surface area contributed by atoms with E-state index >= 15 is 0 Å². The molecule has 2 aliphatic heterocycles. The summed E-state index contributed by atoms with van der Waals surface area (Å²) in [6.45, 7) is 7.83. The minimum Gasteiger partial charge on any atom is -0.456 e. The molecule has 12 heteroatoms. The van der Waals surface area contributed by atoms with Crippen LogP contribution < -0.4 is 10.6 Å². The van der Waals surface area contributed by atoms with E-state index in [0.717, 1.165) is 17.8 Å². The molecule has 9 nitrogen and oxygen atoms in total. The topological polar surface area (TPSA) is 127 Å². The third-order valence-corrected chi connectivity index (χ3v) is 9.87. The molecular formula is C29H42N4O5S3. The Morgan fingerprint density at radius 3 is 2.78 bits per heavy atom. The number of ether oxygens (including phenoxy) is 1. The number of fused-ring (bicyclic) bond motifs is 4. The molecule has 3 rings (SSSR count). The van der Waals surface area contributed by atoms with Gasteiger partial charge in [-0.2, -0.15) is 0 Å². The summed E-state index contributed by atoms with van der Waals surface area (Å²) in [4.78, 5) is 60.7. The van der Waals surface area contributed by atoms with E-state index in [2.05, 4.69) is 27.5 Å². The fourth-order valence-electron chi connectivity index (χ4n) is 4.26. The predicted octanol–water partition coefficient (Wildman–Crippen LogP) is 5.03. The lowest BCUT2D eigenvalue weighted by Crippen LogP contribution is -2.53. The van der Waals surface area contributed by atoms with Gasteiger partial charge >= 0.3 is 5.97 Å². The van der Waals surface area contributed by atoms with Gasteiger partial charge in [-0.3, -0.25) is 19.4 Å². The number of carbonyl (C=O) groups excluding carboxylic acids is 4. The highest BCUT2D eigenvalue weighted by atomic mass is 32.2. The van der Waals surface area contributed by atoms with E-state index in [1.54, 1.807) is 13.0 Å². The van der Waals surface area contributed by atoms with E-state index in [-0.39, 0.29) is 35.8 Å². The number of allylic oxidation sites excluding steroid dienone is 1. The molecule has 2 N–H and O–H groups in total. The molecule has 0 aromatic carbocycles. The number of thiazole rings is 1. The quantitative estimate of drug-likeness (QED) is 0.200. The molecule has 41 heavy (non-hydrogen) atoms. The number of amides is 2. The van der Waals surface area contributed by atoms with Gasteiger partial charge in [-0.15, -0.1) is 23.1 Å². The lowest BCUT2D eigenvalue weighted by molar-refractivity contribution is -0.153. The van der Waals surface area contributed by atoms with Gasteiger partial charge in [0, 0.05) is 23.3 Å². The maximum absolute atomic E-state index is 13.3. The zero-order chi connectivity index (χ0) is 29.8. The van der Waals surface area contributed by atoms with E-state index < -0.39 is 23.7 Å². The molecular weight excluding hydrogens is 581 g/mol. The van der Waals surface area contributed by atoms with Crippen LogP contribution in [0.1, 0.15) is 89.8 Å². The van der Waals surface area contributed by atoms with Crippen molar-refractivity contribution in [1.82, 2.24) is 15.6 Å². The molecule has 0 fully saturated rings. The van der Waals surface area contributed by atoms with Gasteiger partial charge in [0.1, 0.15) is 33.4 Å². The number of rotatable bonds is 11. The van der Waals surface area contributed by atoms with Crippen molar-refractivity contribution in [3.05, 3.63) is 28.2 Å². The van der Waals surface area contributed by atoms with Crippen LogP contribution in [-0.4, -0.2) is 62.1 Å². The second kappa shape index (κ2) is 16.5. The lowest BCUT2D eigenvalue weighted by Gasteiger charge is -2.27. The number of carbonyl (C=O) groups is 4. The van der Waals surface area contributed by atoms with Crippen LogP contribution in [-0.2, 0) is 30.5 Å². The third-order valence-electron chi connectivity index (χ3n) is 6.78. The summed E-state index contributed by atoms with van der Waals surface area (Å²) in [6.07, 6.45) is 9.42. The van der Waals surface area contributed by atoms with Gasteiger partial charge in [0.15, 0.2) is 5.12 Å². The number of hydrogen-bond acceptors (Lipinski definition) is 10. The van der Waals surface area contributed by atoms with E-state index in [4.69, 9.17) is 4.74 Å². The van der Waals surface area contributed by atoms with Crippen LogP contribution >= 0.6 is 34.9 Å². The SMILES string of the molecule is CCCCCCCC(=O)SCCC=CC1CC(=O)NCc2nc(cs2)C2=N[C@@](C)(CS2)C(=O)NC(C(C)C)C(=O)O1. The predicted molar refractivity (Wildman–Crippen MR) is 167 cm³/mol. The molecule has 2 aliphatic rings. The number of cyclic esters (lactones) is 1. The number of hydrogen-bond donors (Lipinski definition) is 2. The van der Waals surface area contributed by atoms with Crippen LogP contribution in [0.5, 0.6) is 0 Å². The lowest BCUT2D eigenvalue weighted by atomic mass is 10.0. The Hall–Kier alpha value is -2.18. The second-order valence-electron chi connectivity index (χ2n) is 10.9. The molecule has 0 spiro atoms. The first-order valence-electron chi connectivity index (χ1n) is 14.4. The van der Waals surface area contributed by atoms with Crippen LogP contribution in [0.15, 0.2) is 22.5 Å². The Labute approximate surface area is 255 Å². The smallest absolute Gasteiger partial charge is 0.329 e. The van der Waals surface area contributed by atoms with Crippen molar-refractivity contribution < 1.29 is 23.9 Å². The van der Waals surface area contributed by atoms with Crippen molar-refractivity contribution in [2.75, 3.05) is 11.5 Å². The minimum absolute atomic E-state index is 0.0661. The zero-order valence-electron chi connectivity index (χ0n) is 24.4. The molecule has 2 amide bonds. The number of aromatic nitrogens is 1. The van der Waals surface area contributed by atoms with E-state index in [0.29, 0.717) is 35.1 Å². The van der Waals surface area contributed by atoms with E-state index in [1.165, 1.54) is 54.1 Å². The molecule has 0 radical (unpaired) electrons. The zero-order valence-corrected chi connectivity index (χ0v) is 26.9. The Kier molecular flexibility index (Phi) is 13.4. The standard InChI is InChI=1S/C29H42N4O5S3/c1-5-6-7-8-9-13-24(35)39-14-11-10-12-20-15-22(34)30-16-23-31-21(17-40-23)26-33-29(4,18-41-26)28(37)32-25(19(2)3)27(36)38-20/h10,12,17,19-20,25H,5-9,11,13-16,18H2,1-4H3,(H,30,34)(H,32,37)/t20?,25?,29-/m0/s1. The van der Waals surface area contributed by atoms with Gasteiger partial charge in [-0.25, -0.2) is 9.78 Å². The number of thioether (sulfide) groups is 2. The summed E-state index contributed by atoms with van der Waals surface area (Å²) in [5.74, 6) is -0.424. The monoisotopic (exact) mass is 622 g/mol. The highest BCUT2D eigenvalue weighted by Gasteiger charge is 2.41. The van der Waals surface area contributed by atoms with Crippen molar-refractivity contribution in [3.8, 4) is 0 Å². The molecule has 1 aromatic rings. The third kappa shape index (κ3) is 10.6. The van der Waals surface area contributed by atoms with Crippen LogP contribution in [0.3, 0.4) is 0 Å². The number of nitrogens with one attached hydrogen (secondary N) is 2.